The smallest absolute Gasteiger partial charge is 0.0999 e. The highest BCUT2D eigenvalue weighted by molar-refractivity contribution is 4.51. The van der Waals surface area contributed by atoms with Gasteiger partial charge in [-0.15, -0.1) is 0 Å². The van der Waals surface area contributed by atoms with Crippen LogP contribution < -0.4 is 0 Å². The Kier molecular flexibility index (Phi) is 3.10. The standard InChI is InChI=1S/C5H10F/c1-3-5(6)4-2/h5H,1,3-4H2,2H3/t5-/m1/s1. The molecule has 0 saturated carbocycles. The average molecular weight is 89.1 g/mol. The van der Waals surface area contributed by atoms with Gasteiger partial charge in [-0.25, -0.2) is 4.39 Å². The molecule has 0 bridgehead atoms. The fraction of sp³-hybridized carbons (Fsp3) is 0.800. The molecule has 0 N–H and O–H groups in total. The lowest BCUT2D eigenvalue weighted by atomic mass is 10.2. The number of rotatable bonds is 2. The molecule has 6 heavy (non-hydrogen) atoms. The minimum absolute atomic E-state index is 0.413. The van der Waals surface area contributed by atoms with Gasteiger partial charge in [0.05, 0.1) is 6.17 Å². The van der Waals surface area contributed by atoms with E-state index in [9.17, 15) is 4.39 Å². The van der Waals surface area contributed by atoms with Gasteiger partial charge in [0, 0.05) is 0 Å². The summed E-state index contributed by atoms with van der Waals surface area (Å²) >= 11 is 0. The molecule has 0 unspecified atom stereocenters. The first-order chi connectivity index (χ1) is 2.81. The van der Waals surface area contributed by atoms with Crippen LogP contribution in [-0.4, -0.2) is 6.17 Å². The molecule has 0 amide bonds. The van der Waals surface area contributed by atoms with Crippen LogP contribution in [0.5, 0.6) is 0 Å². The Morgan fingerprint density at radius 2 is 2.33 bits per heavy atom. The molecule has 0 fully saturated rings. The van der Waals surface area contributed by atoms with E-state index in [1.807, 2.05) is 6.92 Å². The average Bonchev–Trinajstić information content (AvgIpc) is 1.65. The molecule has 0 aliphatic carbocycles. The lowest BCUT2D eigenvalue weighted by molar-refractivity contribution is 0.327. The Morgan fingerprint density at radius 3 is 2.33 bits per heavy atom. The lowest BCUT2D eigenvalue weighted by Gasteiger charge is -1.94. The Hall–Kier alpha value is -0.0700. The van der Waals surface area contributed by atoms with Crippen molar-refractivity contribution in [1.82, 2.24) is 0 Å². The first kappa shape index (κ1) is 5.93. The van der Waals surface area contributed by atoms with Gasteiger partial charge in [0.1, 0.15) is 0 Å². The van der Waals surface area contributed by atoms with Gasteiger partial charge in [-0.3, -0.25) is 0 Å². The summed E-state index contributed by atoms with van der Waals surface area (Å²) < 4.78 is 11.8. The summed E-state index contributed by atoms with van der Waals surface area (Å²) in [5, 5.41) is 0. The van der Waals surface area contributed by atoms with Crippen LogP contribution in [-0.2, 0) is 0 Å². The van der Waals surface area contributed by atoms with Gasteiger partial charge in [-0.2, -0.15) is 0 Å². The fourth-order valence-corrected chi connectivity index (χ4v) is 0.204. The van der Waals surface area contributed by atoms with Gasteiger partial charge in [-0.05, 0) is 12.8 Å². The van der Waals surface area contributed by atoms with E-state index in [1.54, 1.807) is 0 Å². The van der Waals surface area contributed by atoms with Gasteiger partial charge in [0.15, 0.2) is 0 Å². The highest BCUT2D eigenvalue weighted by Gasteiger charge is 1.94. The minimum Gasteiger partial charge on any atom is -0.248 e. The van der Waals surface area contributed by atoms with Crippen molar-refractivity contribution in [1.29, 1.82) is 0 Å². The van der Waals surface area contributed by atoms with E-state index in [0.717, 1.165) is 0 Å². The Labute approximate surface area is 38.4 Å². The van der Waals surface area contributed by atoms with Gasteiger partial charge in [-0.1, -0.05) is 13.8 Å². The lowest BCUT2D eigenvalue weighted by Crippen LogP contribution is -1.91. The summed E-state index contributed by atoms with van der Waals surface area (Å²) in [6.45, 7) is 5.20. The molecule has 0 rings (SSSR count). The Bertz CT molecular complexity index is 23.1. The largest absolute Gasteiger partial charge is 0.248 e. The zero-order valence-corrected chi connectivity index (χ0v) is 4.08. The summed E-state index contributed by atoms with van der Waals surface area (Å²) in [5.74, 6) is 0. The highest BCUT2D eigenvalue weighted by Crippen LogP contribution is 1.98. The third kappa shape index (κ3) is 2.18. The SMILES string of the molecule is [CH2]C[C@@H](F)CC. The molecule has 0 aliphatic rings. The van der Waals surface area contributed by atoms with Crippen LogP contribution in [0.4, 0.5) is 4.39 Å². The second-order valence-corrected chi connectivity index (χ2v) is 1.29. The summed E-state index contributed by atoms with van der Waals surface area (Å²) in [7, 11) is 0. The summed E-state index contributed by atoms with van der Waals surface area (Å²) in [6.07, 6.45) is 0.338. The summed E-state index contributed by atoms with van der Waals surface area (Å²) in [5.41, 5.74) is 0. The fourth-order valence-electron chi connectivity index (χ4n) is 0.204. The third-order valence-electron chi connectivity index (χ3n) is 0.756. The third-order valence-corrected chi connectivity index (χ3v) is 0.756. The molecular formula is C5H10F. The first-order valence-corrected chi connectivity index (χ1v) is 2.24. The van der Waals surface area contributed by atoms with Crippen LogP contribution in [0.3, 0.4) is 0 Å². The summed E-state index contributed by atoms with van der Waals surface area (Å²) in [4.78, 5) is 0. The molecule has 1 heteroatoms. The molecule has 0 nitrogen and oxygen atoms in total. The van der Waals surface area contributed by atoms with E-state index in [1.165, 1.54) is 0 Å². The van der Waals surface area contributed by atoms with E-state index >= 15 is 0 Å². The predicted octanol–water partition coefficient (Wildman–Crippen LogP) is 1.96. The molecule has 0 heterocycles. The van der Waals surface area contributed by atoms with Gasteiger partial charge in [0.2, 0.25) is 0 Å². The molecular weight excluding hydrogens is 79.1 g/mol. The van der Waals surface area contributed by atoms with Crippen LogP contribution >= 0.6 is 0 Å². The molecule has 1 atom stereocenters. The molecule has 0 aliphatic heterocycles. The van der Waals surface area contributed by atoms with Crippen molar-refractivity contribution >= 4 is 0 Å². The molecule has 0 aromatic heterocycles. The summed E-state index contributed by atoms with van der Waals surface area (Å²) in [6, 6.07) is 0. The van der Waals surface area contributed by atoms with Gasteiger partial charge in [0.25, 0.3) is 0 Å². The molecule has 37 valence electrons. The zero-order chi connectivity index (χ0) is 4.99. The zero-order valence-electron chi connectivity index (χ0n) is 4.08. The topological polar surface area (TPSA) is 0 Å². The predicted molar refractivity (Wildman–Crippen MR) is 25.2 cm³/mol. The van der Waals surface area contributed by atoms with E-state index in [0.29, 0.717) is 12.8 Å². The van der Waals surface area contributed by atoms with Crippen LogP contribution in [0.25, 0.3) is 0 Å². The van der Waals surface area contributed by atoms with Crippen molar-refractivity contribution in [3.05, 3.63) is 6.92 Å². The molecule has 0 saturated heterocycles. The maximum atomic E-state index is 11.8. The quantitative estimate of drug-likeness (QED) is 0.485. The van der Waals surface area contributed by atoms with Crippen molar-refractivity contribution in [2.45, 2.75) is 25.9 Å². The van der Waals surface area contributed by atoms with Crippen molar-refractivity contribution in [3.63, 3.8) is 0 Å². The Morgan fingerprint density at radius 1 is 1.83 bits per heavy atom. The van der Waals surface area contributed by atoms with E-state index < -0.39 is 6.17 Å². The Balaban J connectivity index is 2.75. The maximum absolute atomic E-state index is 11.8. The number of hydrogen-bond acceptors (Lipinski definition) is 0. The van der Waals surface area contributed by atoms with Crippen LogP contribution in [0.2, 0.25) is 0 Å². The number of alkyl halides is 1. The molecule has 0 aromatic rings. The van der Waals surface area contributed by atoms with Crippen LogP contribution in [0.15, 0.2) is 0 Å². The highest BCUT2D eigenvalue weighted by atomic mass is 19.1. The van der Waals surface area contributed by atoms with E-state index in [-0.39, 0.29) is 0 Å². The second kappa shape index (κ2) is 3.13. The maximum Gasteiger partial charge on any atom is 0.0999 e. The number of hydrogen-bond donors (Lipinski definition) is 0. The molecule has 0 spiro atoms. The van der Waals surface area contributed by atoms with Gasteiger partial charge < -0.3 is 0 Å². The van der Waals surface area contributed by atoms with E-state index in [2.05, 4.69) is 6.92 Å². The molecule has 1 radical (unpaired) electrons. The van der Waals surface area contributed by atoms with Crippen molar-refractivity contribution in [3.8, 4) is 0 Å². The number of halogens is 1. The van der Waals surface area contributed by atoms with Gasteiger partial charge >= 0.3 is 0 Å². The van der Waals surface area contributed by atoms with E-state index in [4.69, 9.17) is 0 Å². The van der Waals surface area contributed by atoms with Crippen LogP contribution in [0, 0.1) is 6.92 Å². The normalized spacial score (nSPS) is 10.0. The minimum atomic E-state index is -0.676. The van der Waals surface area contributed by atoms with Crippen molar-refractivity contribution in [2.24, 2.45) is 0 Å². The first-order valence-electron chi connectivity index (χ1n) is 2.24. The molecule has 0 aromatic carbocycles. The monoisotopic (exact) mass is 89.1 g/mol. The second-order valence-electron chi connectivity index (χ2n) is 1.29. The van der Waals surface area contributed by atoms with Crippen LogP contribution in [0.1, 0.15) is 19.8 Å². The van der Waals surface area contributed by atoms with Crippen molar-refractivity contribution in [2.75, 3.05) is 0 Å². The van der Waals surface area contributed by atoms with Crippen molar-refractivity contribution < 1.29 is 4.39 Å².